The van der Waals surface area contributed by atoms with Gasteiger partial charge in [-0.1, -0.05) is 30.1 Å². The monoisotopic (exact) mass is 365 g/mol. The number of nitrogens with zero attached hydrogens (tertiary/aromatic N) is 1. The fourth-order valence-electron chi connectivity index (χ4n) is 1.63. The number of hydrogen-bond donors (Lipinski definition) is 1. The molecular weight excluding hydrogens is 354 g/mol. The summed E-state index contributed by atoms with van der Waals surface area (Å²) in [4.78, 5) is -0.524. The Bertz CT molecular complexity index is 620. The highest BCUT2D eigenvalue weighted by Crippen LogP contribution is 2.33. The van der Waals surface area contributed by atoms with E-state index in [0.29, 0.717) is 0 Å². The Morgan fingerprint density at radius 2 is 1.86 bits per heavy atom. The standard InChI is InChI=1S/C11H12Cl2F3NO3S/c1-2-17(6-11(14,15)16)21(19,20)9-4-3-8(12)7(5-18)10(9)13/h3-4,18H,2,5-6H2,1H3. The maximum Gasteiger partial charge on any atom is 0.402 e. The molecule has 0 aromatic heterocycles. The third-order valence-electron chi connectivity index (χ3n) is 2.63. The second-order valence-electron chi connectivity index (χ2n) is 4.04. The predicted octanol–water partition coefficient (Wildman–Crippen LogP) is 3.06. The lowest BCUT2D eigenvalue weighted by Gasteiger charge is -2.23. The van der Waals surface area contributed by atoms with Gasteiger partial charge in [-0.05, 0) is 12.1 Å². The fourth-order valence-corrected chi connectivity index (χ4v) is 3.93. The minimum absolute atomic E-state index is 0.0281. The van der Waals surface area contributed by atoms with E-state index < -0.39 is 34.2 Å². The third kappa shape index (κ3) is 4.23. The van der Waals surface area contributed by atoms with Gasteiger partial charge < -0.3 is 5.11 Å². The molecule has 0 saturated heterocycles. The maximum absolute atomic E-state index is 12.4. The number of aliphatic hydroxyl groups excluding tert-OH is 1. The number of sulfonamides is 1. The molecular formula is C11H12Cl2F3NO3S. The molecule has 1 aromatic carbocycles. The molecule has 0 aliphatic rings. The number of hydrogen-bond acceptors (Lipinski definition) is 3. The molecule has 0 saturated carbocycles. The number of halogens is 5. The van der Waals surface area contributed by atoms with Crippen molar-refractivity contribution in [2.75, 3.05) is 13.1 Å². The summed E-state index contributed by atoms with van der Waals surface area (Å²) in [6.45, 7) is -1.36. The van der Waals surface area contributed by atoms with E-state index in [0.717, 1.165) is 12.1 Å². The molecule has 0 aliphatic carbocycles. The SMILES string of the molecule is CCN(CC(F)(F)F)S(=O)(=O)c1ccc(Cl)c(CO)c1Cl. The third-order valence-corrected chi connectivity index (χ3v) is 5.50. The Kier molecular flexibility index (Phi) is 5.91. The van der Waals surface area contributed by atoms with Gasteiger partial charge in [0, 0.05) is 17.1 Å². The molecule has 0 bridgehead atoms. The molecule has 0 heterocycles. The van der Waals surface area contributed by atoms with Crippen LogP contribution in [0.4, 0.5) is 13.2 Å². The topological polar surface area (TPSA) is 57.6 Å². The summed E-state index contributed by atoms with van der Waals surface area (Å²) in [6.07, 6.45) is -4.68. The number of aliphatic hydroxyl groups is 1. The molecule has 0 amide bonds. The van der Waals surface area contributed by atoms with Gasteiger partial charge >= 0.3 is 6.18 Å². The lowest BCUT2D eigenvalue weighted by Crippen LogP contribution is -2.38. The van der Waals surface area contributed by atoms with Gasteiger partial charge in [-0.3, -0.25) is 0 Å². The minimum Gasteiger partial charge on any atom is -0.392 e. The van der Waals surface area contributed by atoms with Crippen LogP contribution < -0.4 is 0 Å². The van der Waals surface area contributed by atoms with Crippen molar-refractivity contribution in [2.45, 2.75) is 24.6 Å². The van der Waals surface area contributed by atoms with Crippen molar-refractivity contribution in [3.05, 3.63) is 27.7 Å². The normalized spacial score (nSPS) is 13.0. The van der Waals surface area contributed by atoms with E-state index in [9.17, 15) is 21.6 Å². The molecule has 0 radical (unpaired) electrons. The van der Waals surface area contributed by atoms with E-state index in [1.165, 1.54) is 6.92 Å². The van der Waals surface area contributed by atoms with Gasteiger partial charge in [0.25, 0.3) is 0 Å². The van der Waals surface area contributed by atoms with Crippen LogP contribution >= 0.6 is 23.2 Å². The second-order valence-corrected chi connectivity index (χ2v) is 6.73. The molecule has 21 heavy (non-hydrogen) atoms. The average molecular weight is 366 g/mol. The molecule has 1 aromatic rings. The largest absolute Gasteiger partial charge is 0.402 e. The highest BCUT2D eigenvalue weighted by atomic mass is 35.5. The van der Waals surface area contributed by atoms with Crippen molar-refractivity contribution in [1.29, 1.82) is 0 Å². The van der Waals surface area contributed by atoms with Crippen LogP contribution in [0.2, 0.25) is 10.0 Å². The number of alkyl halides is 3. The van der Waals surface area contributed by atoms with Gasteiger partial charge in [0.15, 0.2) is 0 Å². The number of benzene rings is 1. The first-order valence-corrected chi connectivity index (χ1v) is 7.88. The van der Waals surface area contributed by atoms with Crippen molar-refractivity contribution in [2.24, 2.45) is 0 Å². The Morgan fingerprint density at radius 1 is 1.29 bits per heavy atom. The van der Waals surface area contributed by atoms with Gasteiger partial charge in [-0.2, -0.15) is 17.5 Å². The van der Waals surface area contributed by atoms with Crippen molar-refractivity contribution in [3.8, 4) is 0 Å². The summed E-state index contributed by atoms with van der Waals surface area (Å²) in [6, 6.07) is 2.17. The smallest absolute Gasteiger partial charge is 0.392 e. The summed E-state index contributed by atoms with van der Waals surface area (Å²) in [5.74, 6) is 0. The van der Waals surface area contributed by atoms with E-state index in [4.69, 9.17) is 28.3 Å². The minimum atomic E-state index is -4.68. The Balaban J connectivity index is 3.36. The Hall–Kier alpha value is -0.540. The van der Waals surface area contributed by atoms with Crippen molar-refractivity contribution in [3.63, 3.8) is 0 Å². The van der Waals surface area contributed by atoms with Crippen LogP contribution in [0.25, 0.3) is 0 Å². The van der Waals surface area contributed by atoms with Crippen LogP contribution in [-0.2, 0) is 16.6 Å². The Morgan fingerprint density at radius 3 is 2.29 bits per heavy atom. The summed E-state index contributed by atoms with van der Waals surface area (Å²) in [5.41, 5.74) is -0.0533. The highest BCUT2D eigenvalue weighted by Gasteiger charge is 2.37. The van der Waals surface area contributed by atoms with Gasteiger partial charge in [-0.25, -0.2) is 8.42 Å². The summed E-state index contributed by atoms with van der Waals surface area (Å²) in [7, 11) is -4.45. The molecule has 1 rings (SSSR count). The van der Waals surface area contributed by atoms with Crippen LogP contribution in [0.5, 0.6) is 0 Å². The van der Waals surface area contributed by atoms with E-state index in [1.807, 2.05) is 0 Å². The second kappa shape index (κ2) is 6.70. The predicted molar refractivity (Wildman–Crippen MR) is 72.9 cm³/mol. The van der Waals surface area contributed by atoms with Crippen molar-refractivity contribution < 1.29 is 26.7 Å². The van der Waals surface area contributed by atoms with Crippen LogP contribution in [0.15, 0.2) is 17.0 Å². The Labute approximate surface area is 130 Å². The zero-order chi connectivity index (χ0) is 16.4. The van der Waals surface area contributed by atoms with Crippen LogP contribution in [0.1, 0.15) is 12.5 Å². The van der Waals surface area contributed by atoms with Crippen molar-refractivity contribution >= 4 is 33.2 Å². The fraction of sp³-hybridized carbons (Fsp3) is 0.455. The maximum atomic E-state index is 12.4. The molecule has 0 atom stereocenters. The van der Waals surface area contributed by atoms with E-state index in [1.54, 1.807) is 0 Å². The van der Waals surface area contributed by atoms with Crippen molar-refractivity contribution in [1.82, 2.24) is 4.31 Å². The van der Waals surface area contributed by atoms with Gasteiger partial charge in [0.1, 0.15) is 11.4 Å². The lowest BCUT2D eigenvalue weighted by molar-refractivity contribution is -0.135. The molecule has 10 heteroatoms. The number of rotatable bonds is 5. The molecule has 0 spiro atoms. The van der Waals surface area contributed by atoms with E-state index in [-0.39, 0.29) is 26.5 Å². The lowest BCUT2D eigenvalue weighted by atomic mass is 10.2. The molecule has 1 N–H and O–H groups in total. The van der Waals surface area contributed by atoms with Gasteiger partial charge in [-0.15, -0.1) is 0 Å². The summed E-state index contributed by atoms with van der Waals surface area (Å²) >= 11 is 11.6. The molecule has 0 unspecified atom stereocenters. The average Bonchev–Trinajstić information content (AvgIpc) is 2.34. The summed E-state index contributed by atoms with van der Waals surface area (Å²) < 4.78 is 62.1. The first kappa shape index (κ1) is 18.5. The quantitative estimate of drug-likeness (QED) is 0.872. The van der Waals surface area contributed by atoms with Crippen LogP contribution in [0, 0.1) is 0 Å². The first-order chi connectivity index (χ1) is 9.54. The summed E-state index contributed by atoms with van der Waals surface area (Å²) in [5, 5.41) is 8.76. The van der Waals surface area contributed by atoms with Gasteiger partial charge in [0.05, 0.1) is 11.6 Å². The molecule has 0 fully saturated rings. The first-order valence-electron chi connectivity index (χ1n) is 5.69. The zero-order valence-electron chi connectivity index (χ0n) is 10.8. The van der Waals surface area contributed by atoms with E-state index in [2.05, 4.69) is 0 Å². The molecule has 4 nitrogen and oxygen atoms in total. The zero-order valence-corrected chi connectivity index (χ0v) is 13.1. The van der Waals surface area contributed by atoms with Gasteiger partial charge in [0.2, 0.25) is 10.0 Å². The molecule has 120 valence electrons. The van der Waals surface area contributed by atoms with Crippen LogP contribution in [0.3, 0.4) is 0 Å². The van der Waals surface area contributed by atoms with E-state index >= 15 is 0 Å². The molecule has 0 aliphatic heterocycles. The highest BCUT2D eigenvalue weighted by molar-refractivity contribution is 7.89. The van der Waals surface area contributed by atoms with Crippen LogP contribution in [-0.4, -0.2) is 37.1 Å².